The molecule has 0 saturated carbocycles. The second kappa shape index (κ2) is 7.56. The quantitative estimate of drug-likeness (QED) is 0.370. The van der Waals surface area contributed by atoms with E-state index in [4.69, 9.17) is 11.6 Å². The molecule has 2 aliphatic rings. The van der Waals surface area contributed by atoms with Gasteiger partial charge in [-0.15, -0.1) is 13.2 Å². The van der Waals surface area contributed by atoms with E-state index in [0.29, 0.717) is 17.0 Å². The minimum absolute atomic E-state index is 0.0511. The Labute approximate surface area is 171 Å². The fraction of sp³-hybridized carbons (Fsp3) is 0.100. The average molecular weight is 440 g/mol. The Hall–Kier alpha value is -3.20. The monoisotopic (exact) mass is 439 g/mol. The highest BCUT2D eigenvalue weighted by atomic mass is 35.5. The van der Waals surface area contributed by atoms with Crippen molar-refractivity contribution >= 4 is 11.6 Å². The molecule has 0 saturated heterocycles. The van der Waals surface area contributed by atoms with Crippen LogP contribution >= 0.6 is 11.6 Å². The van der Waals surface area contributed by atoms with Crippen LogP contribution in [0.4, 0.5) is 22.0 Å². The number of hydrogen-bond donors (Lipinski definition) is 0. The van der Waals surface area contributed by atoms with Crippen molar-refractivity contribution in [1.29, 1.82) is 0 Å². The smallest absolute Gasteiger partial charge is 0.404 e. The number of hydrogen-bond acceptors (Lipinski definition) is 3. The zero-order chi connectivity index (χ0) is 21.5. The SMILES string of the molecule is Fc1cccc(-c2nc3ccn(Cc4ccc(OC(F)(F)F)c(Cl)c4)cc-3n2)c1F. The molecule has 2 aromatic carbocycles. The zero-order valence-electron chi connectivity index (χ0n) is 14.9. The minimum atomic E-state index is -4.83. The maximum atomic E-state index is 14.0. The number of benzene rings is 2. The van der Waals surface area contributed by atoms with E-state index in [2.05, 4.69) is 14.7 Å². The van der Waals surface area contributed by atoms with E-state index in [1.54, 1.807) is 23.0 Å². The van der Waals surface area contributed by atoms with Gasteiger partial charge in [0.1, 0.15) is 11.4 Å². The lowest BCUT2D eigenvalue weighted by molar-refractivity contribution is -0.274. The van der Waals surface area contributed by atoms with E-state index in [1.807, 2.05) is 0 Å². The lowest BCUT2D eigenvalue weighted by atomic mass is 10.2. The first-order valence-electron chi connectivity index (χ1n) is 8.52. The van der Waals surface area contributed by atoms with Crippen LogP contribution in [0.15, 0.2) is 54.9 Å². The van der Waals surface area contributed by atoms with Crippen molar-refractivity contribution in [1.82, 2.24) is 14.5 Å². The lowest BCUT2D eigenvalue weighted by Gasteiger charge is -2.12. The van der Waals surface area contributed by atoms with Crippen molar-refractivity contribution < 1.29 is 26.7 Å². The molecule has 10 heteroatoms. The molecule has 0 atom stereocenters. The standard InChI is InChI=1S/C20H11ClF5N3O/c21-13-8-11(4-5-17(13)30-20(24,25)26)9-29-7-6-15-16(10-29)28-19(27-15)12-2-1-3-14(22)18(12)23/h1-8,10H,9H2. The molecule has 0 spiro atoms. The fourth-order valence-electron chi connectivity index (χ4n) is 2.91. The number of alkyl halides is 3. The second-order valence-corrected chi connectivity index (χ2v) is 6.76. The topological polar surface area (TPSA) is 39.9 Å². The summed E-state index contributed by atoms with van der Waals surface area (Å²) in [7, 11) is 0. The van der Waals surface area contributed by atoms with Crippen LogP contribution in [0.5, 0.6) is 5.75 Å². The van der Waals surface area contributed by atoms with Gasteiger partial charge < -0.3 is 9.30 Å². The number of rotatable bonds is 4. The molecular formula is C20H11ClF5N3O. The van der Waals surface area contributed by atoms with E-state index >= 15 is 0 Å². The summed E-state index contributed by atoms with van der Waals surface area (Å²) >= 11 is 5.87. The molecule has 0 unspecified atom stereocenters. The van der Waals surface area contributed by atoms with Gasteiger partial charge in [0, 0.05) is 18.9 Å². The molecule has 154 valence electrons. The summed E-state index contributed by atoms with van der Waals surface area (Å²) in [6.07, 6.45) is -1.52. The third-order valence-corrected chi connectivity index (χ3v) is 4.50. The highest BCUT2D eigenvalue weighted by Gasteiger charge is 2.32. The van der Waals surface area contributed by atoms with Crippen LogP contribution in [0.25, 0.3) is 22.8 Å². The average Bonchev–Trinajstić information content (AvgIpc) is 3.08. The lowest BCUT2D eigenvalue weighted by Crippen LogP contribution is -2.17. The predicted molar refractivity (Wildman–Crippen MR) is 99.2 cm³/mol. The Kier molecular flexibility index (Phi) is 5.07. The minimum Gasteiger partial charge on any atom is -0.404 e. The van der Waals surface area contributed by atoms with Crippen LogP contribution in [0.2, 0.25) is 5.02 Å². The van der Waals surface area contributed by atoms with Gasteiger partial charge in [0.2, 0.25) is 0 Å². The summed E-state index contributed by atoms with van der Waals surface area (Å²) < 4.78 is 70.1. The first-order valence-corrected chi connectivity index (χ1v) is 8.89. The molecule has 2 heterocycles. The van der Waals surface area contributed by atoms with Crippen LogP contribution < -0.4 is 4.74 Å². The van der Waals surface area contributed by atoms with Crippen LogP contribution in [0.1, 0.15) is 5.56 Å². The number of imidazole rings is 1. The second-order valence-electron chi connectivity index (χ2n) is 6.35. The fourth-order valence-corrected chi connectivity index (χ4v) is 3.15. The number of pyridine rings is 1. The van der Waals surface area contributed by atoms with Crippen LogP contribution in [-0.2, 0) is 6.54 Å². The molecule has 0 amide bonds. The third kappa shape index (κ3) is 4.20. The molecule has 30 heavy (non-hydrogen) atoms. The van der Waals surface area contributed by atoms with Gasteiger partial charge in [-0.3, -0.25) is 0 Å². The van der Waals surface area contributed by atoms with Gasteiger partial charge in [-0.25, -0.2) is 18.7 Å². The number of ether oxygens (including phenoxy) is 1. The summed E-state index contributed by atoms with van der Waals surface area (Å²) in [5.41, 5.74) is 1.50. The summed E-state index contributed by atoms with van der Waals surface area (Å²) in [4.78, 5) is 8.47. The first kappa shape index (κ1) is 20.1. The summed E-state index contributed by atoms with van der Waals surface area (Å²) in [6, 6.07) is 9.35. The van der Waals surface area contributed by atoms with Crippen LogP contribution in [0, 0.1) is 11.6 Å². The number of fused-ring (bicyclic) bond motifs is 1. The van der Waals surface area contributed by atoms with E-state index < -0.39 is 23.7 Å². The molecule has 0 bridgehead atoms. The maximum absolute atomic E-state index is 14.0. The summed E-state index contributed by atoms with van der Waals surface area (Å²) in [6.45, 7) is 0.276. The molecule has 0 radical (unpaired) electrons. The largest absolute Gasteiger partial charge is 0.573 e. The Morgan fingerprint density at radius 3 is 2.50 bits per heavy atom. The normalized spacial score (nSPS) is 11.8. The van der Waals surface area contributed by atoms with Gasteiger partial charge in [0.05, 0.1) is 16.3 Å². The molecule has 0 N–H and O–H groups in total. The Morgan fingerprint density at radius 1 is 1.00 bits per heavy atom. The van der Waals surface area contributed by atoms with E-state index in [9.17, 15) is 22.0 Å². The predicted octanol–water partition coefficient (Wildman–Crippen LogP) is 5.93. The number of nitrogens with zero attached hydrogens (tertiary/aromatic N) is 3. The molecule has 0 aromatic heterocycles. The van der Waals surface area contributed by atoms with E-state index in [1.165, 1.54) is 24.3 Å². The van der Waals surface area contributed by atoms with Crippen molar-refractivity contribution in [3.8, 4) is 28.5 Å². The first-order chi connectivity index (χ1) is 14.2. The molecule has 0 fully saturated rings. The van der Waals surface area contributed by atoms with Gasteiger partial charge >= 0.3 is 6.36 Å². The Balaban J connectivity index is 1.60. The third-order valence-electron chi connectivity index (χ3n) is 4.21. The van der Waals surface area contributed by atoms with Gasteiger partial charge in [-0.05, 0) is 35.9 Å². The zero-order valence-corrected chi connectivity index (χ0v) is 15.7. The Morgan fingerprint density at radius 2 is 1.77 bits per heavy atom. The van der Waals surface area contributed by atoms with E-state index in [-0.39, 0.29) is 23.0 Å². The van der Waals surface area contributed by atoms with Gasteiger partial charge in [0.25, 0.3) is 0 Å². The van der Waals surface area contributed by atoms with Gasteiger partial charge in [0.15, 0.2) is 17.5 Å². The van der Waals surface area contributed by atoms with Crippen LogP contribution in [0.3, 0.4) is 0 Å². The van der Waals surface area contributed by atoms with Crippen molar-refractivity contribution in [2.75, 3.05) is 0 Å². The molecular weight excluding hydrogens is 429 g/mol. The van der Waals surface area contributed by atoms with Crippen molar-refractivity contribution in [3.05, 3.63) is 77.1 Å². The Bertz CT molecular complexity index is 1190. The molecule has 4 nitrogen and oxygen atoms in total. The molecule has 2 aromatic rings. The highest BCUT2D eigenvalue weighted by molar-refractivity contribution is 6.32. The highest BCUT2D eigenvalue weighted by Crippen LogP contribution is 2.31. The molecule has 0 aliphatic carbocycles. The maximum Gasteiger partial charge on any atom is 0.573 e. The molecule has 2 aliphatic heterocycles. The van der Waals surface area contributed by atoms with E-state index in [0.717, 1.165) is 12.1 Å². The van der Waals surface area contributed by atoms with Crippen molar-refractivity contribution in [2.24, 2.45) is 0 Å². The van der Waals surface area contributed by atoms with Crippen LogP contribution in [-0.4, -0.2) is 20.9 Å². The van der Waals surface area contributed by atoms with Crippen molar-refractivity contribution in [3.63, 3.8) is 0 Å². The summed E-state index contributed by atoms with van der Waals surface area (Å²) in [5.74, 6) is -2.46. The van der Waals surface area contributed by atoms with Gasteiger partial charge in [-0.1, -0.05) is 23.7 Å². The summed E-state index contributed by atoms with van der Waals surface area (Å²) in [5, 5.41) is -0.177. The number of halogens is 6. The van der Waals surface area contributed by atoms with Gasteiger partial charge in [-0.2, -0.15) is 0 Å². The molecule has 4 rings (SSSR count). The number of aromatic nitrogens is 3. The van der Waals surface area contributed by atoms with Crippen molar-refractivity contribution in [2.45, 2.75) is 12.9 Å².